The molecule has 136 valence electrons. The predicted octanol–water partition coefficient (Wildman–Crippen LogP) is 1.30. The lowest BCUT2D eigenvalue weighted by Crippen LogP contribution is -2.55. The lowest BCUT2D eigenvalue weighted by Gasteiger charge is -2.38. The molecule has 0 spiro atoms. The molecule has 1 N–H and O–H groups in total. The zero-order valence-corrected chi connectivity index (χ0v) is 16.3. The minimum absolute atomic E-state index is 0.0186. The first-order valence-electron chi connectivity index (χ1n) is 8.51. The third-order valence-electron chi connectivity index (χ3n) is 4.40. The number of hydrogen-bond acceptors (Lipinski definition) is 4. The Kier molecular flexibility index (Phi) is 6.49. The Morgan fingerprint density at radius 3 is 2.40 bits per heavy atom. The number of carbonyl (C=O) groups excluding carboxylic acids is 2. The van der Waals surface area contributed by atoms with Crippen molar-refractivity contribution in [1.82, 2.24) is 14.7 Å². The summed E-state index contributed by atoms with van der Waals surface area (Å²) < 4.78 is 6.38. The molecule has 2 aliphatic heterocycles. The first-order chi connectivity index (χ1) is 12.1. The molecule has 0 radical (unpaired) electrons. The molecule has 0 unspecified atom stereocenters. The van der Waals surface area contributed by atoms with Gasteiger partial charge in [0.05, 0.1) is 19.8 Å². The second-order valence-electron chi connectivity index (χ2n) is 6.20. The SMILES string of the molecule is O=C(CN1CCN(C(=O)N2CCOCC2)CC1)Nc1cccc(I)c1. The molecule has 25 heavy (non-hydrogen) atoms. The zero-order valence-electron chi connectivity index (χ0n) is 14.1. The van der Waals surface area contributed by atoms with Crippen LogP contribution < -0.4 is 5.32 Å². The van der Waals surface area contributed by atoms with Crippen LogP contribution in [0.15, 0.2) is 24.3 Å². The lowest BCUT2D eigenvalue weighted by molar-refractivity contribution is -0.117. The average molecular weight is 458 g/mol. The van der Waals surface area contributed by atoms with Crippen molar-refractivity contribution < 1.29 is 14.3 Å². The summed E-state index contributed by atoms with van der Waals surface area (Å²) in [5.41, 5.74) is 0.818. The van der Waals surface area contributed by atoms with Gasteiger partial charge in [-0.15, -0.1) is 0 Å². The fourth-order valence-corrected chi connectivity index (χ4v) is 3.56. The Hall–Kier alpha value is -1.39. The minimum Gasteiger partial charge on any atom is -0.378 e. The molecular formula is C17H23IN4O3. The average Bonchev–Trinajstić information content (AvgIpc) is 2.62. The van der Waals surface area contributed by atoms with Gasteiger partial charge < -0.3 is 19.9 Å². The number of urea groups is 1. The molecule has 2 heterocycles. The van der Waals surface area contributed by atoms with Crippen LogP contribution in [0.25, 0.3) is 0 Å². The Balaban J connectivity index is 1.42. The number of benzene rings is 1. The maximum atomic E-state index is 12.5. The van der Waals surface area contributed by atoms with Crippen molar-refractivity contribution in [3.05, 3.63) is 27.8 Å². The Morgan fingerprint density at radius 2 is 1.72 bits per heavy atom. The van der Waals surface area contributed by atoms with Crippen molar-refractivity contribution in [3.8, 4) is 0 Å². The van der Waals surface area contributed by atoms with E-state index in [4.69, 9.17) is 4.74 Å². The van der Waals surface area contributed by atoms with Crippen LogP contribution in [0.1, 0.15) is 0 Å². The van der Waals surface area contributed by atoms with Crippen LogP contribution in [0, 0.1) is 3.57 Å². The van der Waals surface area contributed by atoms with Crippen LogP contribution >= 0.6 is 22.6 Å². The van der Waals surface area contributed by atoms with E-state index in [-0.39, 0.29) is 11.9 Å². The Morgan fingerprint density at radius 1 is 1.04 bits per heavy atom. The fraction of sp³-hybridized carbons (Fsp3) is 0.529. The number of ether oxygens (including phenoxy) is 1. The van der Waals surface area contributed by atoms with Gasteiger partial charge in [-0.3, -0.25) is 9.69 Å². The van der Waals surface area contributed by atoms with Gasteiger partial charge in [0.15, 0.2) is 0 Å². The lowest BCUT2D eigenvalue weighted by atomic mass is 10.3. The number of piperazine rings is 1. The highest BCUT2D eigenvalue weighted by Crippen LogP contribution is 2.13. The molecule has 0 aliphatic carbocycles. The number of nitrogens with zero attached hydrogens (tertiary/aromatic N) is 3. The van der Waals surface area contributed by atoms with E-state index in [2.05, 4.69) is 32.8 Å². The first-order valence-corrected chi connectivity index (χ1v) is 9.59. The van der Waals surface area contributed by atoms with E-state index in [1.807, 2.05) is 34.1 Å². The summed E-state index contributed by atoms with van der Waals surface area (Å²) in [6.07, 6.45) is 0. The van der Waals surface area contributed by atoms with E-state index in [0.717, 1.165) is 22.3 Å². The van der Waals surface area contributed by atoms with Crippen LogP contribution in [0.2, 0.25) is 0 Å². The highest BCUT2D eigenvalue weighted by Gasteiger charge is 2.26. The van der Waals surface area contributed by atoms with Crippen LogP contribution in [0.4, 0.5) is 10.5 Å². The van der Waals surface area contributed by atoms with Gasteiger partial charge >= 0.3 is 6.03 Å². The van der Waals surface area contributed by atoms with Gasteiger partial charge in [-0.1, -0.05) is 6.07 Å². The molecule has 7 nitrogen and oxygen atoms in total. The predicted molar refractivity (Wildman–Crippen MR) is 104 cm³/mol. The van der Waals surface area contributed by atoms with Gasteiger partial charge in [0, 0.05) is 48.5 Å². The minimum atomic E-state index is -0.0186. The molecule has 2 aliphatic rings. The number of anilines is 1. The molecule has 3 amide bonds. The highest BCUT2D eigenvalue weighted by atomic mass is 127. The quantitative estimate of drug-likeness (QED) is 0.694. The summed E-state index contributed by atoms with van der Waals surface area (Å²) in [5.74, 6) is -0.0186. The molecular weight excluding hydrogens is 435 g/mol. The van der Waals surface area contributed by atoms with Crippen molar-refractivity contribution in [3.63, 3.8) is 0 Å². The van der Waals surface area contributed by atoms with Gasteiger partial charge in [-0.2, -0.15) is 0 Å². The topological polar surface area (TPSA) is 65.1 Å². The number of halogens is 1. The molecule has 1 aromatic carbocycles. The van der Waals surface area contributed by atoms with E-state index in [0.29, 0.717) is 45.9 Å². The van der Waals surface area contributed by atoms with E-state index >= 15 is 0 Å². The van der Waals surface area contributed by atoms with E-state index in [1.54, 1.807) is 0 Å². The maximum Gasteiger partial charge on any atom is 0.320 e. The van der Waals surface area contributed by atoms with Crippen LogP contribution in [-0.2, 0) is 9.53 Å². The molecule has 2 saturated heterocycles. The van der Waals surface area contributed by atoms with E-state index in [1.165, 1.54) is 0 Å². The van der Waals surface area contributed by atoms with Crippen molar-refractivity contribution in [2.75, 3.05) is 64.3 Å². The maximum absolute atomic E-state index is 12.5. The van der Waals surface area contributed by atoms with Crippen molar-refractivity contribution in [2.24, 2.45) is 0 Å². The third kappa shape index (κ3) is 5.29. The second-order valence-corrected chi connectivity index (χ2v) is 7.45. The van der Waals surface area contributed by atoms with E-state index < -0.39 is 0 Å². The Labute approximate surface area is 161 Å². The number of nitrogens with one attached hydrogen (secondary N) is 1. The number of morpholine rings is 1. The normalized spacial score (nSPS) is 18.9. The largest absolute Gasteiger partial charge is 0.378 e. The van der Waals surface area contributed by atoms with Gasteiger partial charge in [0.1, 0.15) is 0 Å². The molecule has 0 atom stereocenters. The van der Waals surface area contributed by atoms with Gasteiger partial charge in [0.25, 0.3) is 0 Å². The molecule has 3 rings (SSSR count). The molecule has 0 bridgehead atoms. The number of rotatable bonds is 3. The standard InChI is InChI=1S/C17H23IN4O3/c18-14-2-1-3-15(12-14)19-16(23)13-20-4-6-21(7-5-20)17(24)22-8-10-25-11-9-22/h1-3,12H,4-11,13H2,(H,19,23). The summed E-state index contributed by atoms with van der Waals surface area (Å²) >= 11 is 2.22. The van der Waals surface area contributed by atoms with Crippen LogP contribution in [0.5, 0.6) is 0 Å². The Bertz CT molecular complexity index is 614. The summed E-state index contributed by atoms with van der Waals surface area (Å²) in [4.78, 5) is 30.5. The highest BCUT2D eigenvalue weighted by molar-refractivity contribution is 14.1. The molecule has 1 aromatic rings. The van der Waals surface area contributed by atoms with E-state index in [9.17, 15) is 9.59 Å². The second kappa shape index (κ2) is 8.81. The zero-order chi connectivity index (χ0) is 17.6. The third-order valence-corrected chi connectivity index (χ3v) is 5.07. The van der Waals surface area contributed by atoms with Crippen molar-refractivity contribution in [1.29, 1.82) is 0 Å². The first kappa shape index (κ1) is 18.4. The van der Waals surface area contributed by atoms with Gasteiger partial charge in [0.2, 0.25) is 5.91 Å². The summed E-state index contributed by atoms with van der Waals surface area (Å²) in [6.45, 7) is 5.67. The number of carbonyl (C=O) groups is 2. The van der Waals surface area contributed by atoms with Crippen molar-refractivity contribution >= 4 is 40.2 Å². The fourth-order valence-electron chi connectivity index (χ4n) is 3.02. The monoisotopic (exact) mass is 458 g/mol. The molecule has 0 saturated carbocycles. The summed E-state index contributed by atoms with van der Waals surface area (Å²) in [7, 11) is 0. The van der Waals surface area contributed by atoms with Crippen molar-refractivity contribution in [2.45, 2.75) is 0 Å². The molecule has 0 aromatic heterocycles. The molecule has 8 heteroatoms. The van der Waals surface area contributed by atoms with Gasteiger partial charge in [-0.25, -0.2) is 4.79 Å². The smallest absolute Gasteiger partial charge is 0.320 e. The van der Waals surface area contributed by atoms with Gasteiger partial charge in [-0.05, 0) is 40.8 Å². The van der Waals surface area contributed by atoms with Crippen LogP contribution in [-0.4, -0.2) is 85.7 Å². The summed E-state index contributed by atoms with van der Waals surface area (Å²) in [5, 5.41) is 2.93. The number of hydrogen-bond donors (Lipinski definition) is 1. The van der Waals surface area contributed by atoms with Crippen LogP contribution in [0.3, 0.4) is 0 Å². The molecule has 2 fully saturated rings. The number of amides is 3. The summed E-state index contributed by atoms with van der Waals surface area (Å²) in [6, 6.07) is 7.83.